The molecule has 0 aromatic heterocycles. The van der Waals surface area contributed by atoms with Crippen LogP contribution in [0.5, 0.6) is 0 Å². The average molecular weight is 726 g/mol. The van der Waals surface area contributed by atoms with E-state index in [9.17, 15) is 0 Å². The van der Waals surface area contributed by atoms with Crippen molar-refractivity contribution in [2.24, 2.45) is 0 Å². The first-order valence-electron chi connectivity index (χ1n) is 19.6. The van der Waals surface area contributed by atoms with Crippen molar-refractivity contribution in [3.63, 3.8) is 0 Å². The maximum atomic E-state index is 2.40. The first kappa shape index (κ1) is 34.0. The molecule has 0 fully saturated rings. The van der Waals surface area contributed by atoms with Crippen molar-refractivity contribution < 1.29 is 0 Å². The molecule has 0 atom stereocenters. The molecule has 0 bridgehead atoms. The van der Waals surface area contributed by atoms with Gasteiger partial charge < -0.3 is 4.90 Å². The molecule has 0 aliphatic rings. The lowest BCUT2D eigenvalue weighted by molar-refractivity contribution is 1.28. The van der Waals surface area contributed by atoms with Crippen LogP contribution in [0.15, 0.2) is 237 Å². The number of anilines is 3. The SMILES string of the molecule is c1ccc(-c2ccc(-c3ccc(N(c4ccc(-c5ccccc5)cc4)c4cccc(-c5cc6ccccc6c6ccccc56)c4)cc3-c3ccccc3)cc2)cc1. The predicted octanol–water partition coefficient (Wildman–Crippen LogP) is 15.8. The lowest BCUT2D eigenvalue weighted by Crippen LogP contribution is -2.10. The molecule has 0 saturated heterocycles. The molecule has 10 aromatic rings. The number of benzene rings is 10. The molecular formula is C56H39N. The van der Waals surface area contributed by atoms with Crippen molar-refractivity contribution >= 4 is 38.6 Å². The summed E-state index contributed by atoms with van der Waals surface area (Å²) in [5, 5.41) is 5.03. The Morgan fingerprint density at radius 2 is 0.667 bits per heavy atom. The van der Waals surface area contributed by atoms with Crippen LogP contribution in [0.1, 0.15) is 0 Å². The number of hydrogen-bond donors (Lipinski definition) is 0. The van der Waals surface area contributed by atoms with Gasteiger partial charge in [-0.2, -0.15) is 0 Å². The summed E-state index contributed by atoms with van der Waals surface area (Å²) in [6, 6.07) is 85.7. The molecule has 0 aliphatic carbocycles. The van der Waals surface area contributed by atoms with E-state index in [4.69, 9.17) is 0 Å². The Morgan fingerprint density at radius 3 is 1.33 bits per heavy atom. The number of rotatable bonds is 8. The van der Waals surface area contributed by atoms with Crippen LogP contribution in [-0.4, -0.2) is 0 Å². The van der Waals surface area contributed by atoms with E-state index in [-0.39, 0.29) is 0 Å². The third-order valence-corrected chi connectivity index (χ3v) is 11.1. The molecule has 0 spiro atoms. The van der Waals surface area contributed by atoms with Crippen LogP contribution in [0.4, 0.5) is 17.1 Å². The summed E-state index contributed by atoms with van der Waals surface area (Å²) in [6.45, 7) is 0. The van der Waals surface area contributed by atoms with Crippen LogP contribution in [0, 0.1) is 0 Å². The molecule has 0 heterocycles. The first-order chi connectivity index (χ1) is 28.3. The van der Waals surface area contributed by atoms with E-state index in [2.05, 4.69) is 241 Å². The van der Waals surface area contributed by atoms with E-state index in [1.807, 2.05) is 0 Å². The highest BCUT2D eigenvalue weighted by atomic mass is 15.1. The standard InChI is InChI=1S/C56H39N/c1-4-15-40(16-5-1)42-27-29-45(30-28-42)52-36-35-50(39-56(52)44-19-8-3-9-20-44)57(48-33-31-43(32-34-48)41-17-6-2-7-18-41)49-23-14-22-46(37-49)55-38-47-21-10-11-24-51(47)53-25-12-13-26-54(53)55/h1-39H. The van der Waals surface area contributed by atoms with Gasteiger partial charge >= 0.3 is 0 Å². The minimum absolute atomic E-state index is 1.09. The van der Waals surface area contributed by atoms with E-state index < -0.39 is 0 Å². The molecule has 0 saturated carbocycles. The van der Waals surface area contributed by atoms with Crippen LogP contribution in [0.25, 0.3) is 77.2 Å². The molecule has 0 N–H and O–H groups in total. The largest absolute Gasteiger partial charge is 0.310 e. The molecule has 57 heavy (non-hydrogen) atoms. The van der Waals surface area contributed by atoms with Gasteiger partial charge in [0, 0.05) is 17.1 Å². The fraction of sp³-hybridized carbons (Fsp3) is 0. The second kappa shape index (κ2) is 15.0. The quantitative estimate of drug-likeness (QED) is 0.141. The van der Waals surface area contributed by atoms with Crippen LogP contribution in [0.3, 0.4) is 0 Å². The minimum atomic E-state index is 1.09. The Kier molecular flexibility index (Phi) is 8.95. The zero-order chi connectivity index (χ0) is 38.0. The van der Waals surface area contributed by atoms with Crippen molar-refractivity contribution in [3.05, 3.63) is 237 Å². The maximum Gasteiger partial charge on any atom is 0.0468 e. The van der Waals surface area contributed by atoms with E-state index >= 15 is 0 Å². The Hall–Kier alpha value is -7.48. The van der Waals surface area contributed by atoms with Gasteiger partial charge in [-0.15, -0.1) is 0 Å². The summed E-state index contributed by atoms with van der Waals surface area (Å²) in [7, 11) is 0. The van der Waals surface area contributed by atoms with Crippen LogP contribution >= 0.6 is 0 Å². The van der Waals surface area contributed by atoms with E-state index in [1.54, 1.807) is 0 Å². The van der Waals surface area contributed by atoms with Crippen LogP contribution in [-0.2, 0) is 0 Å². The van der Waals surface area contributed by atoms with Gasteiger partial charge in [0.25, 0.3) is 0 Å². The summed E-state index contributed by atoms with van der Waals surface area (Å²) in [5.41, 5.74) is 15.2. The molecule has 0 unspecified atom stereocenters. The van der Waals surface area contributed by atoms with Crippen LogP contribution < -0.4 is 4.90 Å². The Labute approximate surface area is 334 Å². The summed E-state index contributed by atoms with van der Waals surface area (Å²) in [6.07, 6.45) is 0. The van der Waals surface area contributed by atoms with Crippen molar-refractivity contribution in [2.75, 3.05) is 4.90 Å². The van der Waals surface area contributed by atoms with Gasteiger partial charge in [0.05, 0.1) is 0 Å². The van der Waals surface area contributed by atoms with Gasteiger partial charge in [-0.3, -0.25) is 0 Å². The predicted molar refractivity (Wildman–Crippen MR) is 243 cm³/mol. The van der Waals surface area contributed by atoms with Gasteiger partial charge in [-0.25, -0.2) is 0 Å². The lowest BCUT2D eigenvalue weighted by Gasteiger charge is -2.27. The van der Waals surface area contributed by atoms with Gasteiger partial charge in [-0.1, -0.05) is 194 Å². The highest BCUT2D eigenvalue weighted by Crippen LogP contribution is 2.43. The van der Waals surface area contributed by atoms with Gasteiger partial charge in [0.15, 0.2) is 0 Å². The van der Waals surface area contributed by atoms with Crippen molar-refractivity contribution in [1.29, 1.82) is 0 Å². The molecule has 0 aliphatic heterocycles. The summed E-state index contributed by atoms with van der Waals surface area (Å²) in [4.78, 5) is 2.40. The highest BCUT2D eigenvalue weighted by molar-refractivity contribution is 6.14. The zero-order valence-electron chi connectivity index (χ0n) is 31.5. The number of fused-ring (bicyclic) bond motifs is 3. The second-order valence-corrected chi connectivity index (χ2v) is 14.5. The van der Waals surface area contributed by atoms with Crippen molar-refractivity contribution in [3.8, 4) is 55.6 Å². The maximum absolute atomic E-state index is 2.40. The Morgan fingerprint density at radius 1 is 0.211 bits per heavy atom. The zero-order valence-corrected chi connectivity index (χ0v) is 31.5. The van der Waals surface area contributed by atoms with E-state index in [0.29, 0.717) is 0 Å². The fourth-order valence-corrected chi connectivity index (χ4v) is 8.24. The average Bonchev–Trinajstić information content (AvgIpc) is 3.30. The first-order valence-corrected chi connectivity index (χ1v) is 19.6. The monoisotopic (exact) mass is 725 g/mol. The number of nitrogens with zero attached hydrogens (tertiary/aromatic N) is 1. The summed E-state index contributed by atoms with van der Waals surface area (Å²) < 4.78 is 0. The van der Waals surface area contributed by atoms with Crippen molar-refractivity contribution in [1.82, 2.24) is 0 Å². The molecule has 0 radical (unpaired) electrons. The molecule has 1 heteroatoms. The highest BCUT2D eigenvalue weighted by Gasteiger charge is 2.18. The third-order valence-electron chi connectivity index (χ3n) is 11.1. The number of hydrogen-bond acceptors (Lipinski definition) is 1. The van der Waals surface area contributed by atoms with E-state index in [1.165, 1.54) is 77.2 Å². The molecular weight excluding hydrogens is 687 g/mol. The molecule has 268 valence electrons. The molecule has 1 nitrogen and oxygen atoms in total. The van der Waals surface area contributed by atoms with Gasteiger partial charge in [-0.05, 0) is 120 Å². The molecule has 10 rings (SSSR count). The molecule has 10 aromatic carbocycles. The third kappa shape index (κ3) is 6.66. The normalized spacial score (nSPS) is 11.2. The van der Waals surface area contributed by atoms with Crippen LogP contribution in [0.2, 0.25) is 0 Å². The second-order valence-electron chi connectivity index (χ2n) is 14.5. The van der Waals surface area contributed by atoms with Gasteiger partial charge in [0.1, 0.15) is 0 Å². The minimum Gasteiger partial charge on any atom is -0.310 e. The summed E-state index contributed by atoms with van der Waals surface area (Å²) in [5.74, 6) is 0. The Bertz CT molecular complexity index is 2970. The lowest BCUT2D eigenvalue weighted by atomic mass is 9.92. The topological polar surface area (TPSA) is 3.24 Å². The summed E-state index contributed by atoms with van der Waals surface area (Å²) >= 11 is 0. The van der Waals surface area contributed by atoms with Gasteiger partial charge in [0.2, 0.25) is 0 Å². The van der Waals surface area contributed by atoms with Crippen molar-refractivity contribution in [2.45, 2.75) is 0 Å². The van der Waals surface area contributed by atoms with E-state index in [0.717, 1.165) is 17.1 Å². The Balaban J connectivity index is 1.14. The smallest absolute Gasteiger partial charge is 0.0468 e. The molecule has 0 amide bonds. The fourth-order valence-electron chi connectivity index (χ4n) is 8.24.